The second-order valence-corrected chi connectivity index (χ2v) is 10.8. The fourth-order valence-corrected chi connectivity index (χ4v) is 4.69. The van der Waals surface area contributed by atoms with Crippen LogP contribution < -0.4 is 14.8 Å². The van der Waals surface area contributed by atoms with Crippen LogP contribution in [0.2, 0.25) is 0 Å². The molecule has 2 aromatic carbocycles. The molecule has 1 N–H and O–H groups in total. The molecule has 0 radical (unpaired) electrons. The van der Waals surface area contributed by atoms with E-state index in [1.54, 1.807) is 11.8 Å². The summed E-state index contributed by atoms with van der Waals surface area (Å²) in [5, 5.41) is 3.93. The van der Waals surface area contributed by atoms with E-state index in [2.05, 4.69) is 36.1 Å². The normalized spacial score (nSPS) is 15.6. The number of hydrogen-bond donors (Lipinski definition) is 1. The van der Waals surface area contributed by atoms with Crippen molar-refractivity contribution in [1.29, 1.82) is 0 Å². The van der Waals surface area contributed by atoms with Gasteiger partial charge in [-0.3, -0.25) is 9.69 Å². The maximum Gasteiger partial charge on any atom is 0.236 e. The molecule has 1 aliphatic rings. The number of hydrogen-bond acceptors (Lipinski definition) is 7. The van der Waals surface area contributed by atoms with E-state index in [0.29, 0.717) is 49.0 Å². The molecule has 0 aliphatic carbocycles. The molecule has 11 heteroatoms. The van der Waals surface area contributed by atoms with Crippen molar-refractivity contribution >= 4 is 44.2 Å². The molecule has 38 heavy (non-hydrogen) atoms. The van der Waals surface area contributed by atoms with Gasteiger partial charge < -0.3 is 19.7 Å². The summed E-state index contributed by atoms with van der Waals surface area (Å²) in [6, 6.07) is 5.89. The molecule has 1 aromatic heterocycles. The molecule has 1 atom stereocenters. The van der Waals surface area contributed by atoms with E-state index in [4.69, 9.17) is 9.47 Å². The van der Waals surface area contributed by atoms with Crippen molar-refractivity contribution in [2.45, 2.75) is 39.5 Å². The molecule has 3 aromatic rings. The van der Waals surface area contributed by atoms with Crippen LogP contribution in [0.1, 0.15) is 26.3 Å². The molecule has 1 unspecified atom stereocenters. The predicted molar refractivity (Wildman–Crippen MR) is 147 cm³/mol. The summed E-state index contributed by atoms with van der Waals surface area (Å²) in [5.74, 6) is 0.876. The molecule has 1 aliphatic heterocycles. The molecule has 204 valence electrons. The topological polar surface area (TPSA) is 79.8 Å². The number of piperazine rings is 1. The second kappa shape index (κ2) is 11.4. The average molecular weight is 592 g/mol. The second-order valence-electron chi connectivity index (χ2n) is 9.96. The van der Waals surface area contributed by atoms with Crippen LogP contribution in [0.3, 0.4) is 0 Å². The fourth-order valence-electron chi connectivity index (χ4n) is 4.06. The number of ether oxygens (including phenoxy) is 2. The summed E-state index contributed by atoms with van der Waals surface area (Å²) in [6.07, 6.45) is 0.610. The maximum absolute atomic E-state index is 14.4. The number of halogens is 3. The highest BCUT2D eigenvalue weighted by Crippen LogP contribution is 2.39. The van der Waals surface area contributed by atoms with Crippen molar-refractivity contribution in [2.24, 2.45) is 0 Å². The number of aryl methyl sites for hydroxylation is 1. The first-order chi connectivity index (χ1) is 17.9. The van der Waals surface area contributed by atoms with Crippen molar-refractivity contribution in [2.75, 3.05) is 45.2 Å². The smallest absolute Gasteiger partial charge is 0.236 e. The molecular weight excluding hydrogens is 560 g/mol. The van der Waals surface area contributed by atoms with E-state index < -0.39 is 17.6 Å². The van der Waals surface area contributed by atoms with Gasteiger partial charge in [0.25, 0.3) is 0 Å². The molecule has 2 heterocycles. The van der Waals surface area contributed by atoms with E-state index in [0.717, 1.165) is 22.0 Å². The Morgan fingerprint density at radius 3 is 2.71 bits per heavy atom. The van der Waals surface area contributed by atoms with Crippen LogP contribution in [-0.4, -0.2) is 77.3 Å². The van der Waals surface area contributed by atoms with Crippen molar-refractivity contribution in [1.82, 2.24) is 19.8 Å². The quantitative estimate of drug-likeness (QED) is 0.364. The van der Waals surface area contributed by atoms with Gasteiger partial charge in [-0.15, -0.1) is 0 Å². The van der Waals surface area contributed by atoms with Gasteiger partial charge >= 0.3 is 0 Å². The lowest BCUT2D eigenvalue weighted by molar-refractivity contribution is -0.134. The van der Waals surface area contributed by atoms with Gasteiger partial charge in [-0.2, -0.15) is 0 Å². The summed E-state index contributed by atoms with van der Waals surface area (Å²) in [4.78, 5) is 24.6. The largest absolute Gasteiger partial charge is 0.491 e. The van der Waals surface area contributed by atoms with Gasteiger partial charge in [-0.05, 0) is 61.8 Å². The Bertz CT molecular complexity index is 1330. The van der Waals surface area contributed by atoms with E-state index in [1.807, 2.05) is 20.0 Å². The Balaban J connectivity index is 1.60. The van der Waals surface area contributed by atoms with Crippen LogP contribution in [0.4, 0.5) is 20.3 Å². The molecule has 8 nitrogen and oxygen atoms in total. The predicted octanol–water partition coefficient (Wildman–Crippen LogP) is 5.25. The number of carbonyl (C=O) groups excluding carboxylic acids is 1. The van der Waals surface area contributed by atoms with Gasteiger partial charge in [-0.25, -0.2) is 18.7 Å². The van der Waals surface area contributed by atoms with Gasteiger partial charge in [0.15, 0.2) is 0 Å². The highest BCUT2D eigenvalue weighted by atomic mass is 79.9. The van der Waals surface area contributed by atoms with Crippen LogP contribution >= 0.6 is 15.9 Å². The lowest BCUT2D eigenvalue weighted by atomic mass is 10.1. The minimum atomic E-state index is -1.63. The monoisotopic (exact) mass is 591 g/mol. The number of nitrogens with zero attached hydrogens (tertiary/aromatic N) is 4. The zero-order valence-electron chi connectivity index (χ0n) is 22.1. The van der Waals surface area contributed by atoms with Crippen molar-refractivity contribution in [3.8, 4) is 11.5 Å². The first kappa shape index (κ1) is 28.0. The molecule has 4 rings (SSSR count). The van der Waals surface area contributed by atoms with E-state index in [9.17, 15) is 13.6 Å². The van der Waals surface area contributed by atoms with Crippen molar-refractivity contribution in [3.05, 3.63) is 46.4 Å². The molecule has 0 saturated carbocycles. The number of aromatic nitrogens is 2. The minimum Gasteiger partial charge on any atom is -0.491 e. The Kier molecular flexibility index (Phi) is 8.37. The molecule has 1 amide bonds. The third-order valence-electron chi connectivity index (χ3n) is 6.73. The standard InChI is InChI=1S/C27H32BrF2N5O3/c1-16-24-21(13-19(28)25(16)37-11-10-35-9-8-34(5)23(36)14-35)31-15-32-26(24)33-20-7-6-18(29)12-22(20)38-17(2)27(3,4)30/h6-7,12-13,15,17H,8-11,14H2,1-5H3,(H,31,32,33). The lowest BCUT2D eigenvalue weighted by Crippen LogP contribution is -2.49. The zero-order valence-corrected chi connectivity index (χ0v) is 23.7. The highest BCUT2D eigenvalue weighted by molar-refractivity contribution is 9.10. The van der Waals surface area contributed by atoms with E-state index in [-0.39, 0.29) is 11.7 Å². The summed E-state index contributed by atoms with van der Waals surface area (Å²) in [6.45, 7) is 9.19. The van der Waals surface area contributed by atoms with Crippen molar-refractivity contribution < 1.29 is 23.0 Å². The van der Waals surface area contributed by atoms with Crippen LogP contribution in [0.15, 0.2) is 35.1 Å². The van der Waals surface area contributed by atoms with E-state index >= 15 is 0 Å². The van der Waals surface area contributed by atoms with Crippen LogP contribution in [-0.2, 0) is 4.79 Å². The maximum atomic E-state index is 14.4. The molecule has 0 spiro atoms. The Morgan fingerprint density at radius 2 is 2.00 bits per heavy atom. The third kappa shape index (κ3) is 6.32. The van der Waals surface area contributed by atoms with Crippen molar-refractivity contribution in [3.63, 3.8) is 0 Å². The summed E-state index contributed by atoms with van der Waals surface area (Å²) < 4.78 is 41.2. The number of rotatable bonds is 9. The number of benzene rings is 2. The first-order valence-electron chi connectivity index (χ1n) is 12.4. The van der Waals surface area contributed by atoms with Crippen LogP contribution in [0.5, 0.6) is 11.5 Å². The lowest BCUT2D eigenvalue weighted by Gasteiger charge is -2.31. The minimum absolute atomic E-state index is 0.0980. The summed E-state index contributed by atoms with van der Waals surface area (Å²) >= 11 is 3.59. The van der Waals surface area contributed by atoms with Gasteiger partial charge in [0.05, 0.1) is 22.2 Å². The molecular formula is C27H32BrF2N5O3. The fraction of sp³-hybridized carbons (Fsp3) is 0.444. The molecule has 0 bridgehead atoms. The van der Waals surface area contributed by atoms with E-state index in [1.165, 1.54) is 38.4 Å². The highest BCUT2D eigenvalue weighted by Gasteiger charge is 2.28. The first-order valence-corrected chi connectivity index (χ1v) is 13.2. The Labute approximate surface area is 229 Å². The van der Waals surface area contributed by atoms with Crippen LogP contribution in [0, 0.1) is 12.7 Å². The number of likely N-dealkylation sites (N-methyl/N-ethyl adjacent to an activating group) is 1. The number of carbonyl (C=O) groups is 1. The zero-order chi connectivity index (χ0) is 27.6. The summed E-state index contributed by atoms with van der Waals surface area (Å²) in [5.41, 5.74) is 0.283. The number of fused-ring (bicyclic) bond motifs is 1. The van der Waals surface area contributed by atoms with Gasteiger partial charge in [-0.1, -0.05) is 0 Å². The number of alkyl halides is 1. The van der Waals surface area contributed by atoms with Gasteiger partial charge in [0, 0.05) is 43.7 Å². The average Bonchev–Trinajstić information content (AvgIpc) is 2.84. The number of anilines is 2. The Morgan fingerprint density at radius 1 is 1.24 bits per heavy atom. The summed E-state index contributed by atoms with van der Waals surface area (Å²) in [7, 11) is 1.81. The number of nitrogens with one attached hydrogen (secondary N) is 1. The third-order valence-corrected chi connectivity index (χ3v) is 7.32. The molecule has 1 fully saturated rings. The molecule has 1 saturated heterocycles. The van der Waals surface area contributed by atoms with Gasteiger partial charge in [0.2, 0.25) is 5.91 Å². The van der Waals surface area contributed by atoms with Crippen LogP contribution in [0.25, 0.3) is 10.9 Å². The Hall–Kier alpha value is -3.05. The van der Waals surface area contributed by atoms with Gasteiger partial charge in [0.1, 0.15) is 47.8 Å². The number of amides is 1. The SMILES string of the molecule is Cc1c(OCCN2CCN(C)C(=O)C2)c(Br)cc2ncnc(Nc3ccc(F)cc3OC(C)C(C)(C)F)c12.